The number of halogens is 1. The molecule has 0 atom stereocenters. The van der Waals surface area contributed by atoms with E-state index in [1.165, 1.54) is 0 Å². The number of morpholine rings is 1. The van der Waals surface area contributed by atoms with E-state index in [0.717, 1.165) is 29.1 Å². The predicted molar refractivity (Wildman–Crippen MR) is 99.0 cm³/mol. The Balaban J connectivity index is 1.54. The molecule has 2 heterocycles. The summed E-state index contributed by atoms with van der Waals surface area (Å²) in [5.41, 5.74) is 7.41. The topological polar surface area (TPSA) is 75.2 Å². The van der Waals surface area contributed by atoms with Crippen LogP contribution in [0.4, 0.5) is 0 Å². The summed E-state index contributed by atoms with van der Waals surface area (Å²) in [4.78, 5) is 12.7. The Bertz CT molecular complexity index is 692. The van der Waals surface area contributed by atoms with E-state index in [1.54, 1.807) is 12.1 Å². The van der Waals surface area contributed by atoms with Gasteiger partial charge in [-0.3, -0.25) is 15.6 Å². The van der Waals surface area contributed by atoms with E-state index in [4.69, 9.17) is 33.3 Å². The van der Waals surface area contributed by atoms with E-state index in [9.17, 15) is 4.79 Å². The summed E-state index contributed by atoms with van der Waals surface area (Å²) in [6, 6.07) is 5.40. The Morgan fingerprint density at radius 3 is 2.88 bits per heavy atom. The standard InChI is InChI=1S/C16H19ClN4O3S/c17-12-9-11(13-2-4-16(25)19-18-13)1-3-14(12)24-10-15(22)20-21-5-7-23-8-6-21/h1,3,9H,2,4-8,10H2,(H,19,25)(H,20,22). The molecule has 1 aromatic carbocycles. The van der Waals surface area contributed by atoms with Gasteiger partial charge in [-0.05, 0) is 30.2 Å². The van der Waals surface area contributed by atoms with Gasteiger partial charge in [-0.25, -0.2) is 5.01 Å². The third-order valence-corrected chi connectivity index (χ3v) is 4.41. The number of ether oxygens (including phenoxy) is 2. The molecule has 0 spiro atoms. The zero-order valence-corrected chi connectivity index (χ0v) is 15.2. The van der Waals surface area contributed by atoms with Crippen LogP contribution in [0.3, 0.4) is 0 Å². The zero-order chi connectivity index (χ0) is 17.6. The molecular formula is C16H19ClN4O3S. The van der Waals surface area contributed by atoms with Gasteiger partial charge in [0.2, 0.25) is 0 Å². The second-order valence-electron chi connectivity index (χ2n) is 5.66. The molecule has 0 aromatic heterocycles. The molecule has 2 aliphatic rings. The molecule has 0 unspecified atom stereocenters. The minimum absolute atomic E-state index is 0.104. The van der Waals surface area contributed by atoms with Crippen LogP contribution in [0.25, 0.3) is 0 Å². The van der Waals surface area contributed by atoms with Crippen LogP contribution in [0, 0.1) is 0 Å². The number of benzene rings is 1. The zero-order valence-electron chi connectivity index (χ0n) is 13.6. The fourth-order valence-electron chi connectivity index (χ4n) is 2.51. The van der Waals surface area contributed by atoms with Crippen molar-refractivity contribution in [3.05, 3.63) is 28.8 Å². The first-order valence-corrected chi connectivity index (χ1v) is 8.81. The Morgan fingerprint density at radius 1 is 1.40 bits per heavy atom. The average Bonchev–Trinajstić information content (AvgIpc) is 2.62. The lowest BCUT2D eigenvalue weighted by Gasteiger charge is -2.26. The minimum Gasteiger partial charge on any atom is -0.482 e. The molecule has 2 N–H and O–H groups in total. The predicted octanol–water partition coefficient (Wildman–Crippen LogP) is 1.50. The number of carbonyl (C=O) groups excluding carboxylic acids is 1. The summed E-state index contributed by atoms with van der Waals surface area (Å²) in [6.45, 7) is 2.45. The molecule has 1 aromatic rings. The smallest absolute Gasteiger partial charge is 0.272 e. The first-order valence-electron chi connectivity index (χ1n) is 8.02. The lowest BCUT2D eigenvalue weighted by Crippen LogP contribution is -2.49. The van der Waals surface area contributed by atoms with Gasteiger partial charge in [0.15, 0.2) is 6.61 Å². The number of hydrogen-bond donors (Lipinski definition) is 2. The summed E-state index contributed by atoms with van der Waals surface area (Å²) < 4.78 is 10.8. The highest BCUT2D eigenvalue weighted by Gasteiger charge is 2.15. The van der Waals surface area contributed by atoms with Crippen LogP contribution in [0.15, 0.2) is 23.3 Å². The van der Waals surface area contributed by atoms with Gasteiger partial charge in [0, 0.05) is 19.5 Å². The van der Waals surface area contributed by atoms with Crippen LogP contribution in [-0.2, 0) is 9.53 Å². The van der Waals surface area contributed by atoms with Crippen molar-refractivity contribution in [2.75, 3.05) is 32.9 Å². The Labute approximate surface area is 156 Å². The van der Waals surface area contributed by atoms with Gasteiger partial charge in [-0.2, -0.15) is 5.10 Å². The van der Waals surface area contributed by atoms with E-state index < -0.39 is 0 Å². The Hall–Kier alpha value is -1.74. The molecule has 25 heavy (non-hydrogen) atoms. The maximum atomic E-state index is 11.9. The van der Waals surface area contributed by atoms with Crippen LogP contribution in [0.2, 0.25) is 5.02 Å². The quantitative estimate of drug-likeness (QED) is 0.752. The van der Waals surface area contributed by atoms with Gasteiger partial charge in [0.1, 0.15) is 5.75 Å². The number of hydrazine groups is 1. The molecule has 1 amide bonds. The molecule has 1 fully saturated rings. The summed E-state index contributed by atoms with van der Waals surface area (Å²) in [5, 5.41) is 6.49. The average molecular weight is 383 g/mol. The fraction of sp³-hybridized carbons (Fsp3) is 0.438. The van der Waals surface area contributed by atoms with Crippen molar-refractivity contribution in [1.82, 2.24) is 15.9 Å². The van der Waals surface area contributed by atoms with Gasteiger partial charge in [-0.1, -0.05) is 23.8 Å². The maximum Gasteiger partial charge on any atom is 0.272 e. The maximum absolute atomic E-state index is 11.9. The first-order chi connectivity index (χ1) is 12.1. The van der Waals surface area contributed by atoms with Crippen molar-refractivity contribution in [2.24, 2.45) is 5.10 Å². The monoisotopic (exact) mass is 382 g/mol. The fourth-order valence-corrected chi connectivity index (χ4v) is 2.89. The van der Waals surface area contributed by atoms with E-state index in [-0.39, 0.29) is 12.5 Å². The summed E-state index contributed by atoms with van der Waals surface area (Å²) in [5.74, 6) is 0.235. The number of amides is 1. The minimum atomic E-state index is -0.226. The van der Waals surface area contributed by atoms with Crippen molar-refractivity contribution in [1.29, 1.82) is 0 Å². The van der Waals surface area contributed by atoms with Gasteiger partial charge < -0.3 is 9.47 Å². The van der Waals surface area contributed by atoms with Crippen LogP contribution in [-0.4, -0.2) is 54.5 Å². The van der Waals surface area contributed by atoms with Crippen LogP contribution < -0.4 is 15.6 Å². The van der Waals surface area contributed by atoms with Gasteiger partial charge in [0.05, 0.1) is 28.9 Å². The number of nitrogens with one attached hydrogen (secondary N) is 2. The Kier molecular flexibility index (Phi) is 6.19. The summed E-state index contributed by atoms with van der Waals surface area (Å²) in [6.07, 6.45) is 1.54. The van der Waals surface area contributed by atoms with Crippen molar-refractivity contribution >= 4 is 40.4 Å². The van der Waals surface area contributed by atoms with Crippen molar-refractivity contribution in [2.45, 2.75) is 12.8 Å². The highest BCUT2D eigenvalue weighted by Crippen LogP contribution is 2.26. The molecule has 0 saturated carbocycles. The van der Waals surface area contributed by atoms with Crippen molar-refractivity contribution in [3.8, 4) is 5.75 Å². The highest BCUT2D eigenvalue weighted by molar-refractivity contribution is 7.80. The van der Waals surface area contributed by atoms with E-state index in [2.05, 4.69) is 16.0 Å². The third kappa shape index (κ3) is 5.12. The molecule has 0 aliphatic carbocycles. The van der Waals surface area contributed by atoms with Gasteiger partial charge in [0.25, 0.3) is 5.91 Å². The number of thiocarbonyl (C=S) groups is 1. The third-order valence-electron chi connectivity index (χ3n) is 3.82. The molecule has 0 radical (unpaired) electrons. The second-order valence-corrected chi connectivity index (χ2v) is 6.56. The molecule has 2 aliphatic heterocycles. The lowest BCUT2D eigenvalue weighted by atomic mass is 10.0. The molecule has 134 valence electrons. The number of rotatable bonds is 5. The van der Waals surface area contributed by atoms with Gasteiger partial charge >= 0.3 is 0 Å². The van der Waals surface area contributed by atoms with E-state index in [1.807, 2.05) is 11.1 Å². The van der Waals surface area contributed by atoms with E-state index >= 15 is 0 Å². The molecule has 9 heteroatoms. The SMILES string of the molecule is O=C(COc1ccc(C2=NNC(=S)CC2)cc1Cl)NN1CCOCC1. The molecule has 7 nitrogen and oxygen atoms in total. The Morgan fingerprint density at radius 2 is 2.20 bits per heavy atom. The van der Waals surface area contributed by atoms with Crippen LogP contribution in [0.5, 0.6) is 5.75 Å². The largest absolute Gasteiger partial charge is 0.482 e. The first kappa shape index (κ1) is 18.1. The normalized spacial score (nSPS) is 18.3. The summed E-state index contributed by atoms with van der Waals surface area (Å²) in [7, 11) is 0. The van der Waals surface area contributed by atoms with Gasteiger partial charge in [-0.15, -0.1) is 0 Å². The number of hydrazone groups is 1. The number of hydrogen-bond acceptors (Lipinski definition) is 6. The molecule has 1 saturated heterocycles. The lowest BCUT2D eigenvalue weighted by molar-refractivity contribution is -0.130. The van der Waals surface area contributed by atoms with Crippen LogP contribution in [0.1, 0.15) is 18.4 Å². The van der Waals surface area contributed by atoms with Crippen LogP contribution >= 0.6 is 23.8 Å². The van der Waals surface area contributed by atoms with E-state index in [0.29, 0.717) is 37.1 Å². The molecule has 3 rings (SSSR count). The van der Waals surface area contributed by atoms with Crippen molar-refractivity contribution in [3.63, 3.8) is 0 Å². The number of carbonyl (C=O) groups is 1. The highest BCUT2D eigenvalue weighted by atomic mass is 35.5. The second kappa shape index (κ2) is 8.57. The molecular weight excluding hydrogens is 364 g/mol. The number of nitrogens with zero attached hydrogens (tertiary/aromatic N) is 2. The molecule has 0 bridgehead atoms. The van der Waals surface area contributed by atoms with Crippen molar-refractivity contribution < 1.29 is 14.3 Å². The summed E-state index contributed by atoms with van der Waals surface area (Å²) >= 11 is 11.3.